The molecule has 1 aromatic rings. The van der Waals surface area contributed by atoms with Gasteiger partial charge in [0.15, 0.2) is 5.82 Å². The minimum absolute atomic E-state index is 0.313. The van der Waals surface area contributed by atoms with E-state index in [0.29, 0.717) is 28.6 Å². The number of nitrogens with two attached hydrogens (primary N) is 1. The van der Waals surface area contributed by atoms with Crippen molar-refractivity contribution in [1.82, 2.24) is 9.97 Å². The average Bonchev–Trinajstić information content (AvgIpc) is 2.19. The summed E-state index contributed by atoms with van der Waals surface area (Å²) in [4.78, 5) is 7.89. The van der Waals surface area contributed by atoms with Crippen LogP contribution >= 0.6 is 11.6 Å². The van der Waals surface area contributed by atoms with Crippen molar-refractivity contribution in [2.24, 2.45) is 5.92 Å². The second-order valence-corrected chi connectivity index (χ2v) is 4.20. The van der Waals surface area contributed by atoms with Gasteiger partial charge in [-0.25, -0.2) is 9.97 Å². The van der Waals surface area contributed by atoms with Crippen LogP contribution in [-0.4, -0.2) is 16.0 Å². The number of hydrogen-bond acceptors (Lipinski definition) is 4. The largest absolute Gasteiger partial charge is 0.382 e. The van der Waals surface area contributed by atoms with Crippen LogP contribution in [-0.2, 0) is 0 Å². The van der Waals surface area contributed by atoms with Crippen LogP contribution in [0.2, 0.25) is 5.02 Å². The first kappa shape index (κ1) is 12.0. The third-order valence-electron chi connectivity index (χ3n) is 2.38. The normalized spacial score (nSPS) is 12.9. The molecule has 0 fully saturated rings. The maximum absolute atomic E-state index is 5.99. The van der Waals surface area contributed by atoms with Gasteiger partial charge in [-0.3, -0.25) is 0 Å². The smallest absolute Gasteiger partial charge is 0.150 e. The zero-order chi connectivity index (χ0) is 11.4. The molecule has 0 aliphatic rings. The first-order valence-electron chi connectivity index (χ1n) is 5.08. The molecule has 5 heteroatoms. The minimum Gasteiger partial charge on any atom is -0.382 e. The molecule has 0 saturated heterocycles. The summed E-state index contributed by atoms with van der Waals surface area (Å²) >= 11 is 5.99. The molecule has 0 amide bonds. The Bertz CT molecular complexity index is 327. The molecular formula is C10H17ClN4. The summed E-state index contributed by atoms with van der Waals surface area (Å²) < 4.78 is 0. The molecule has 0 saturated carbocycles. The summed E-state index contributed by atoms with van der Waals surface area (Å²) in [6.07, 6.45) is 2.43. The molecule has 1 unspecified atom stereocenters. The molecule has 1 heterocycles. The van der Waals surface area contributed by atoms with Gasteiger partial charge in [0.2, 0.25) is 0 Å². The molecule has 0 aliphatic heterocycles. The number of aromatic nitrogens is 2. The predicted molar refractivity (Wildman–Crippen MR) is 64.0 cm³/mol. The Kier molecular flexibility index (Phi) is 4.15. The van der Waals surface area contributed by atoms with Gasteiger partial charge >= 0.3 is 0 Å². The first-order chi connectivity index (χ1) is 7.06. The fraction of sp³-hybridized carbons (Fsp3) is 0.600. The van der Waals surface area contributed by atoms with E-state index in [1.165, 1.54) is 6.33 Å². The van der Waals surface area contributed by atoms with E-state index >= 15 is 0 Å². The Balaban J connectivity index is 2.84. The predicted octanol–water partition coefficient (Wildman–Crippen LogP) is 2.56. The summed E-state index contributed by atoms with van der Waals surface area (Å²) in [7, 11) is 0. The zero-order valence-electron chi connectivity index (χ0n) is 9.29. The van der Waals surface area contributed by atoms with Crippen LogP contribution in [0.5, 0.6) is 0 Å². The van der Waals surface area contributed by atoms with Crippen LogP contribution in [0.4, 0.5) is 11.6 Å². The summed E-state index contributed by atoms with van der Waals surface area (Å²) in [6, 6.07) is 0.344. The third kappa shape index (κ3) is 2.96. The van der Waals surface area contributed by atoms with Crippen molar-refractivity contribution in [3.63, 3.8) is 0 Å². The number of nitrogens with one attached hydrogen (secondary N) is 1. The van der Waals surface area contributed by atoms with Crippen molar-refractivity contribution >= 4 is 23.2 Å². The molecule has 4 nitrogen and oxygen atoms in total. The van der Waals surface area contributed by atoms with Crippen molar-refractivity contribution in [3.8, 4) is 0 Å². The van der Waals surface area contributed by atoms with Crippen molar-refractivity contribution < 1.29 is 0 Å². The Morgan fingerprint density at radius 2 is 2.13 bits per heavy atom. The molecular weight excluding hydrogens is 212 g/mol. The Morgan fingerprint density at radius 1 is 1.47 bits per heavy atom. The second-order valence-electron chi connectivity index (χ2n) is 3.82. The van der Waals surface area contributed by atoms with E-state index in [4.69, 9.17) is 17.3 Å². The highest BCUT2D eigenvalue weighted by atomic mass is 35.5. The molecule has 0 bridgehead atoms. The molecule has 3 N–H and O–H groups in total. The van der Waals surface area contributed by atoms with Gasteiger partial charge in [0.25, 0.3) is 0 Å². The lowest BCUT2D eigenvalue weighted by Gasteiger charge is -2.21. The van der Waals surface area contributed by atoms with Crippen LogP contribution in [0, 0.1) is 5.92 Å². The highest BCUT2D eigenvalue weighted by Gasteiger charge is 2.14. The average molecular weight is 229 g/mol. The summed E-state index contributed by atoms with van der Waals surface area (Å²) in [5.74, 6) is 1.44. The van der Waals surface area contributed by atoms with E-state index < -0.39 is 0 Å². The van der Waals surface area contributed by atoms with Gasteiger partial charge in [-0.2, -0.15) is 0 Å². The SMILES string of the molecule is CCC(Nc1ncnc(N)c1Cl)C(C)C. The van der Waals surface area contributed by atoms with Gasteiger partial charge in [-0.1, -0.05) is 32.4 Å². The number of rotatable bonds is 4. The van der Waals surface area contributed by atoms with E-state index in [1.807, 2.05) is 0 Å². The van der Waals surface area contributed by atoms with Gasteiger partial charge in [-0.15, -0.1) is 0 Å². The number of nitrogens with zero attached hydrogens (tertiary/aromatic N) is 2. The minimum atomic E-state index is 0.313. The zero-order valence-corrected chi connectivity index (χ0v) is 10.0. The maximum Gasteiger partial charge on any atom is 0.150 e. The Labute approximate surface area is 95.3 Å². The highest BCUT2D eigenvalue weighted by molar-refractivity contribution is 6.35. The van der Waals surface area contributed by atoms with Gasteiger partial charge in [0.05, 0.1) is 0 Å². The van der Waals surface area contributed by atoms with Gasteiger partial charge in [0, 0.05) is 6.04 Å². The summed E-state index contributed by atoms with van der Waals surface area (Å²) in [5, 5.41) is 3.67. The lowest BCUT2D eigenvalue weighted by atomic mass is 10.0. The van der Waals surface area contributed by atoms with E-state index in [1.54, 1.807) is 0 Å². The van der Waals surface area contributed by atoms with Crippen molar-refractivity contribution in [3.05, 3.63) is 11.3 Å². The molecule has 0 aromatic carbocycles. The molecule has 1 aromatic heterocycles. The highest BCUT2D eigenvalue weighted by Crippen LogP contribution is 2.25. The molecule has 0 spiro atoms. The Morgan fingerprint density at radius 3 is 2.67 bits per heavy atom. The molecule has 1 atom stereocenters. The van der Waals surface area contributed by atoms with Gasteiger partial charge in [-0.05, 0) is 12.3 Å². The lowest BCUT2D eigenvalue weighted by Crippen LogP contribution is -2.25. The van der Waals surface area contributed by atoms with E-state index in [-0.39, 0.29) is 0 Å². The van der Waals surface area contributed by atoms with Crippen LogP contribution in [0.25, 0.3) is 0 Å². The van der Waals surface area contributed by atoms with E-state index in [2.05, 4.69) is 36.1 Å². The Hall–Kier alpha value is -1.03. The number of halogens is 1. The lowest BCUT2D eigenvalue weighted by molar-refractivity contribution is 0.510. The number of anilines is 2. The molecule has 0 radical (unpaired) electrons. The first-order valence-corrected chi connectivity index (χ1v) is 5.46. The summed E-state index contributed by atoms with van der Waals surface area (Å²) in [5.41, 5.74) is 5.59. The van der Waals surface area contributed by atoms with Gasteiger partial charge < -0.3 is 11.1 Å². The fourth-order valence-corrected chi connectivity index (χ4v) is 1.55. The quantitative estimate of drug-likeness (QED) is 0.832. The van der Waals surface area contributed by atoms with Crippen LogP contribution in [0.15, 0.2) is 6.33 Å². The maximum atomic E-state index is 5.99. The monoisotopic (exact) mass is 228 g/mol. The van der Waals surface area contributed by atoms with Crippen molar-refractivity contribution in [1.29, 1.82) is 0 Å². The van der Waals surface area contributed by atoms with Crippen molar-refractivity contribution in [2.75, 3.05) is 11.1 Å². The van der Waals surface area contributed by atoms with E-state index in [0.717, 1.165) is 6.42 Å². The molecule has 0 aliphatic carbocycles. The van der Waals surface area contributed by atoms with Crippen molar-refractivity contribution in [2.45, 2.75) is 33.2 Å². The molecule has 84 valence electrons. The molecule has 15 heavy (non-hydrogen) atoms. The van der Waals surface area contributed by atoms with Crippen LogP contribution in [0.1, 0.15) is 27.2 Å². The standard InChI is InChI=1S/C10H17ClN4/c1-4-7(6(2)3)15-10-8(11)9(12)13-5-14-10/h5-7H,4H2,1-3H3,(H3,12,13,14,15). The number of hydrogen-bond donors (Lipinski definition) is 2. The van der Waals surface area contributed by atoms with E-state index in [9.17, 15) is 0 Å². The fourth-order valence-electron chi connectivity index (χ4n) is 1.40. The van der Waals surface area contributed by atoms with Crippen LogP contribution < -0.4 is 11.1 Å². The summed E-state index contributed by atoms with van der Waals surface area (Å²) in [6.45, 7) is 6.43. The van der Waals surface area contributed by atoms with Crippen LogP contribution in [0.3, 0.4) is 0 Å². The molecule has 1 rings (SSSR count). The second kappa shape index (κ2) is 5.16. The topological polar surface area (TPSA) is 63.8 Å². The van der Waals surface area contributed by atoms with Gasteiger partial charge in [0.1, 0.15) is 17.2 Å². The number of nitrogen functional groups attached to an aromatic ring is 1. The third-order valence-corrected chi connectivity index (χ3v) is 2.76.